The number of aromatic nitrogens is 2. The largest absolute Gasteiger partial charge is 0.493 e. The van der Waals surface area contributed by atoms with Crippen LogP contribution in [-0.4, -0.2) is 16.0 Å². The molecule has 0 saturated heterocycles. The van der Waals surface area contributed by atoms with Gasteiger partial charge in [-0.25, -0.2) is 4.98 Å². The smallest absolute Gasteiger partial charge is 0.194 e. The quantitative estimate of drug-likeness (QED) is 0.620. The second-order valence-corrected chi connectivity index (χ2v) is 6.34. The predicted octanol–water partition coefficient (Wildman–Crippen LogP) is 4.25. The average Bonchev–Trinajstić information content (AvgIpc) is 3.15. The summed E-state index contributed by atoms with van der Waals surface area (Å²) in [6.07, 6.45) is 2.99. The highest BCUT2D eigenvalue weighted by Gasteiger charge is 2.15. The van der Waals surface area contributed by atoms with E-state index in [1.165, 1.54) is 28.1 Å². The fraction of sp³-hybridized carbons (Fsp3) is 0.353. The minimum atomic E-state index is 0.862. The van der Waals surface area contributed by atoms with Crippen molar-refractivity contribution in [3.63, 3.8) is 0 Å². The molecule has 0 bridgehead atoms. The van der Waals surface area contributed by atoms with Gasteiger partial charge in [0.2, 0.25) is 0 Å². The van der Waals surface area contributed by atoms with Crippen LogP contribution in [0.5, 0.6) is 5.75 Å². The van der Waals surface area contributed by atoms with Crippen molar-refractivity contribution >= 4 is 16.3 Å². The number of hydrogen-bond acceptors (Lipinski definition) is 3. The van der Waals surface area contributed by atoms with Crippen LogP contribution >= 0.6 is 11.3 Å². The van der Waals surface area contributed by atoms with Crippen LogP contribution < -0.4 is 4.74 Å². The second-order valence-electron chi connectivity index (χ2n) is 5.50. The van der Waals surface area contributed by atoms with E-state index >= 15 is 0 Å². The maximum Gasteiger partial charge on any atom is 0.194 e. The van der Waals surface area contributed by atoms with E-state index < -0.39 is 0 Å². The Morgan fingerprint density at radius 1 is 1.10 bits per heavy atom. The van der Waals surface area contributed by atoms with Crippen molar-refractivity contribution in [1.29, 1.82) is 0 Å². The van der Waals surface area contributed by atoms with Gasteiger partial charge in [0, 0.05) is 34.9 Å². The first-order chi connectivity index (χ1) is 10.1. The Labute approximate surface area is 129 Å². The monoisotopic (exact) mass is 300 g/mol. The first-order valence-corrected chi connectivity index (χ1v) is 8.06. The van der Waals surface area contributed by atoms with Crippen molar-refractivity contribution in [3.05, 3.63) is 51.8 Å². The SMILES string of the molecule is Cc1ccc(C)c2c1CCO2.Cc1cnc2scc(C)n12. The third-order valence-corrected chi connectivity index (χ3v) is 4.84. The van der Waals surface area contributed by atoms with Gasteiger partial charge in [-0.15, -0.1) is 11.3 Å². The molecule has 0 unspecified atom stereocenters. The lowest BCUT2D eigenvalue weighted by Gasteiger charge is -2.04. The van der Waals surface area contributed by atoms with Crippen molar-refractivity contribution in [3.8, 4) is 5.75 Å². The number of benzene rings is 1. The molecule has 2 aromatic heterocycles. The van der Waals surface area contributed by atoms with Gasteiger partial charge in [0.1, 0.15) is 5.75 Å². The molecule has 0 aliphatic carbocycles. The highest BCUT2D eigenvalue weighted by Crippen LogP contribution is 2.31. The number of fused-ring (bicyclic) bond motifs is 2. The first-order valence-electron chi connectivity index (χ1n) is 7.18. The highest BCUT2D eigenvalue weighted by molar-refractivity contribution is 7.15. The standard InChI is InChI=1S/C10H12O.C7H8N2S/c1-7-3-4-8(2)10-9(7)5-6-11-10;1-5-3-8-7-9(5)6(2)4-10-7/h3-4H,5-6H2,1-2H3;3-4H,1-2H3. The zero-order valence-corrected chi connectivity index (χ0v) is 13.8. The average molecular weight is 300 g/mol. The van der Waals surface area contributed by atoms with Crippen LogP contribution in [0.1, 0.15) is 28.1 Å². The molecule has 1 aromatic carbocycles. The van der Waals surface area contributed by atoms with E-state index in [0.29, 0.717) is 0 Å². The Kier molecular flexibility index (Phi) is 3.72. The van der Waals surface area contributed by atoms with E-state index in [0.717, 1.165) is 23.7 Å². The van der Waals surface area contributed by atoms with Crippen molar-refractivity contribution < 1.29 is 4.74 Å². The van der Waals surface area contributed by atoms with Crippen LogP contribution in [-0.2, 0) is 6.42 Å². The van der Waals surface area contributed by atoms with E-state index in [1.807, 2.05) is 6.20 Å². The number of rotatable bonds is 0. The maximum absolute atomic E-state index is 5.51. The van der Waals surface area contributed by atoms with Gasteiger partial charge >= 0.3 is 0 Å². The van der Waals surface area contributed by atoms with Crippen molar-refractivity contribution in [2.75, 3.05) is 6.61 Å². The summed E-state index contributed by atoms with van der Waals surface area (Å²) in [5, 5.41) is 2.12. The molecule has 4 rings (SSSR count). The summed E-state index contributed by atoms with van der Waals surface area (Å²) in [6, 6.07) is 4.29. The van der Waals surface area contributed by atoms with Crippen LogP contribution in [0.15, 0.2) is 23.7 Å². The molecule has 3 aromatic rings. The molecule has 0 spiro atoms. The molecule has 0 amide bonds. The van der Waals surface area contributed by atoms with Gasteiger partial charge in [0.25, 0.3) is 0 Å². The van der Waals surface area contributed by atoms with Gasteiger partial charge in [-0.2, -0.15) is 0 Å². The molecule has 0 atom stereocenters. The molecule has 4 heteroatoms. The maximum atomic E-state index is 5.51. The summed E-state index contributed by atoms with van der Waals surface area (Å²) >= 11 is 1.69. The predicted molar refractivity (Wildman–Crippen MR) is 87.7 cm³/mol. The molecule has 21 heavy (non-hydrogen) atoms. The Morgan fingerprint density at radius 2 is 1.86 bits per heavy atom. The van der Waals surface area contributed by atoms with Gasteiger partial charge in [-0.05, 0) is 38.8 Å². The Balaban J connectivity index is 0.000000126. The van der Waals surface area contributed by atoms with E-state index in [-0.39, 0.29) is 0 Å². The van der Waals surface area contributed by atoms with Gasteiger partial charge in [0.15, 0.2) is 4.96 Å². The molecule has 0 N–H and O–H groups in total. The normalized spacial score (nSPS) is 12.8. The van der Waals surface area contributed by atoms with Gasteiger partial charge in [-0.3, -0.25) is 4.40 Å². The second kappa shape index (κ2) is 5.53. The van der Waals surface area contributed by atoms with E-state index in [9.17, 15) is 0 Å². The third kappa shape index (κ3) is 2.56. The Morgan fingerprint density at radius 3 is 2.57 bits per heavy atom. The minimum absolute atomic E-state index is 0.862. The molecule has 1 aliphatic rings. The van der Waals surface area contributed by atoms with E-state index in [2.05, 4.69) is 54.6 Å². The van der Waals surface area contributed by atoms with Crippen LogP contribution in [0.3, 0.4) is 0 Å². The van der Waals surface area contributed by atoms with Crippen LogP contribution in [0, 0.1) is 27.7 Å². The third-order valence-electron chi connectivity index (χ3n) is 3.88. The molecule has 0 fully saturated rings. The van der Waals surface area contributed by atoms with Crippen LogP contribution in [0.4, 0.5) is 0 Å². The molecule has 0 radical (unpaired) electrons. The molecule has 1 aliphatic heterocycles. The minimum Gasteiger partial charge on any atom is -0.493 e. The summed E-state index contributed by atoms with van der Waals surface area (Å²) in [5.41, 5.74) is 6.53. The lowest BCUT2D eigenvalue weighted by molar-refractivity contribution is 0.354. The van der Waals surface area contributed by atoms with Crippen LogP contribution in [0.25, 0.3) is 4.96 Å². The molecule has 3 nitrogen and oxygen atoms in total. The number of thiazole rings is 1. The number of aryl methyl sites for hydroxylation is 4. The molecule has 110 valence electrons. The van der Waals surface area contributed by atoms with Gasteiger partial charge < -0.3 is 4.74 Å². The van der Waals surface area contributed by atoms with Gasteiger partial charge in [0.05, 0.1) is 6.61 Å². The molecular weight excluding hydrogens is 280 g/mol. The summed E-state index contributed by atoms with van der Waals surface area (Å²) in [6.45, 7) is 9.27. The zero-order chi connectivity index (χ0) is 15.0. The number of hydrogen-bond donors (Lipinski definition) is 0. The molecular formula is C17H20N2OS. The van der Waals surface area contributed by atoms with E-state index in [1.54, 1.807) is 11.3 Å². The lowest BCUT2D eigenvalue weighted by Crippen LogP contribution is -1.87. The molecule has 0 saturated carbocycles. The van der Waals surface area contributed by atoms with Crippen molar-refractivity contribution in [2.24, 2.45) is 0 Å². The topological polar surface area (TPSA) is 26.5 Å². The highest BCUT2D eigenvalue weighted by atomic mass is 32.1. The number of nitrogens with zero attached hydrogens (tertiary/aromatic N) is 2. The Hall–Kier alpha value is -1.81. The summed E-state index contributed by atoms with van der Waals surface area (Å²) < 4.78 is 7.67. The number of imidazole rings is 1. The number of ether oxygens (including phenoxy) is 1. The first kappa shape index (κ1) is 14.1. The Bertz CT molecular complexity index is 725. The summed E-state index contributed by atoms with van der Waals surface area (Å²) in [7, 11) is 0. The summed E-state index contributed by atoms with van der Waals surface area (Å²) in [4.78, 5) is 5.31. The van der Waals surface area contributed by atoms with Crippen LogP contribution in [0.2, 0.25) is 0 Å². The summed E-state index contributed by atoms with van der Waals surface area (Å²) in [5.74, 6) is 1.13. The lowest BCUT2D eigenvalue weighted by atomic mass is 10.0. The van der Waals surface area contributed by atoms with E-state index in [4.69, 9.17) is 4.74 Å². The zero-order valence-electron chi connectivity index (χ0n) is 12.9. The van der Waals surface area contributed by atoms with Crippen molar-refractivity contribution in [2.45, 2.75) is 34.1 Å². The van der Waals surface area contributed by atoms with Gasteiger partial charge in [-0.1, -0.05) is 12.1 Å². The fourth-order valence-corrected chi connectivity index (χ4v) is 3.62. The van der Waals surface area contributed by atoms with Crippen molar-refractivity contribution in [1.82, 2.24) is 9.38 Å². The molecule has 3 heterocycles. The fourth-order valence-electron chi connectivity index (χ4n) is 2.73.